The molecule has 1 aromatic rings. The van der Waals surface area contributed by atoms with Crippen LogP contribution >= 0.6 is 0 Å². The fourth-order valence-electron chi connectivity index (χ4n) is 0.859. The first-order chi connectivity index (χ1) is 5.83. The number of rotatable bonds is 4. The molecule has 0 bridgehead atoms. The van der Waals surface area contributed by atoms with Crippen molar-refractivity contribution in [3.63, 3.8) is 0 Å². The Kier molecular flexibility index (Phi) is 3.67. The maximum atomic E-state index is 3.80. The molecule has 0 spiro atoms. The van der Waals surface area contributed by atoms with Crippen LogP contribution in [-0.4, -0.2) is 16.2 Å². The zero-order chi connectivity index (χ0) is 8.81. The summed E-state index contributed by atoms with van der Waals surface area (Å²) in [6.07, 6.45) is 4.65. The first kappa shape index (κ1) is 9.13. The molecule has 1 unspecified atom stereocenters. The third-order valence-corrected chi connectivity index (χ3v) is 1.91. The molecule has 1 atom stereocenters. The molecule has 0 radical (unpaired) electrons. The number of nitrogens with zero attached hydrogens (tertiary/aromatic N) is 2. The molecule has 12 heavy (non-hydrogen) atoms. The molecule has 1 rings (SSSR count). The van der Waals surface area contributed by atoms with E-state index < -0.39 is 0 Å². The molecule has 3 heteroatoms. The lowest BCUT2D eigenvalue weighted by atomic mass is 10.2. The molecule has 0 aromatic carbocycles. The van der Waals surface area contributed by atoms with Gasteiger partial charge in [0.1, 0.15) is 0 Å². The van der Waals surface area contributed by atoms with Crippen LogP contribution in [0, 0.1) is 0 Å². The summed E-state index contributed by atoms with van der Waals surface area (Å²) in [6, 6.07) is 2.54. The van der Waals surface area contributed by atoms with Crippen LogP contribution in [0.3, 0.4) is 0 Å². The Morgan fingerprint density at radius 1 is 1.50 bits per heavy atom. The Bertz CT molecular complexity index is 210. The number of hydrogen-bond donors (Lipinski definition) is 1. The van der Waals surface area contributed by atoms with E-state index in [1.54, 1.807) is 12.4 Å². The minimum absolute atomic E-state index is 0.568. The number of hydrogen-bond acceptors (Lipinski definition) is 3. The van der Waals surface area contributed by atoms with Gasteiger partial charge in [0.2, 0.25) is 0 Å². The van der Waals surface area contributed by atoms with E-state index in [2.05, 4.69) is 29.4 Å². The van der Waals surface area contributed by atoms with Crippen molar-refractivity contribution in [2.45, 2.75) is 32.9 Å². The molecule has 0 aliphatic carbocycles. The second-order valence-corrected chi connectivity index (χ2v) is 2.94. The van der Waals surface area contributed by atoms with Crippen molar-refractivity contribution in [3.8, 4) is 0 Å². The van der Waals surface area contributed by atoms with Crippen molar-refractivity contribution in [2.75, 3.05) is 0 Å². The van der Waals surface area contributed by atoms with Gasteiger partial charge in [-0.1, -0.05) is 6.92 Å². The first-order valence-electron chi connectivity index (χ1n) is 4.32. The van der Waals surface area contributed by atoms with Gasteiger partial charge in [0, 0.05) is 18.8 Å². The summed E-state index contributed by atoms with van der Waals surface area (Å²) < 4.78 is 0. The predicted octanol–water partition coefficient (Wildman–Crippen LogP) is 1.36. The highest BCUT2D eigenvalue weighted by Gasteiger charge is 1.97. The topological polar surface area (TPSA) is 37.8 Å². The fourth-order valence-corrected chi connectivity index (χ4v) is 0.859. The van der Waals surface area contributed by atoms with Gasteiger partial charge in [-0.05, 0) is 25.0 Å². The summed E-state index contributed by atoms with van der Waals surface area (Å²) in [5.41, 5.74) is 1.19. The summed E-state index contributed by atoms with van der Waals surface area (Å²) in [5.74, 6) is 0. The maximum Gasteiger partial charge on any atom is 0.0541 e. The largest absolute Gasteiger partial charge is 0.310 e. The van der Waals surface area contributed by atoms with E-state index in [1.165, 1.54) is 5.56 Å². The lowest BCUT2D eigenvalue weighted by molar-refractivity contribution is 0.533. The molecule has 0 saturated carbocycles. The number of nitrogens with one attached hydrogen (secondary N) is 1. The van der Waals surface area contributed by atoms with E-state index >= 15 is 0 Å². The van der Waals surface area contributed by atoms with Crippen LogP contribution in [-0.2, 0) is 6.54 Å². The Morgan fingerprint density at radius 2 is 2.33 bits per heavy atom. The van der Waals surface area contributed by atoms with E-state index in [0.717, 1.165) is 13.0 Å². The number of aromatic nitrogens is 2. The van der Waals surface area contributed by atoms with Crippen molar-refractivity contribution in [3.05, 3.63) is 24.0 Å². The Morgan fingerprint density at radius 3 is 2.92 bits per heavy atom. The zero-order valence-corrected chi connectivity index (χ0v) is 7.62. The van der Waals surface area contributed by atoms with Gasteiger partial charge in [-0.3, -0.25) is 0 Å². The van der Waals surface area contributed by atoms with Gasteiger partial charge in [-0.2, -0.15) is 10.2 Å². The molecule has 1 aromatic heterocycles. The standard InChI is InChI=1S/C9H15N3/c1-3-8(2)10-6-9-4-5-11-12-7-9/h4-5,7-8,10H,3,6H2,1-2H3. The van der Waals surface area contributed by atoms with E-state index in [4.69, 9.17) is 0 Å². The first-order valence-corrected chi connectivity index (χ1v) is 4.32. The Hall–Kier alpha value is -0.960. The van der Waals surface area contributed by atoms with Crippen molar-refractivity contribution in [2.24, 2.45) is 0 Å². The molecule has 0 aliphatic heterocycles. The second kappa shape index (κ2) is 4.83. The van der Waals surface area contributed by atoms with Gasteiger partial charge in [-0.25, -0.2) is 0 Å². The quantitative estimate of drug-likeness (QED) is 0.732. The van der Waals surface area contributed by atoms with Crippen LogP contribution in [0.1, 0.15) is 25.8 Å². The van der Waals surface area contributed by atoms with Crippen LogP contribution in [0.15, 0.2) is 18.5 Å². The SMILES string of the molecule is CCC(C)NCc1ccnnc1. The van der Waals surface area contributed by atoms with Crippen LogP contribution in [0.25, 0.3) is 0 Å². The van der Waals surface area contributed by atoms with E-state index in [0.29, 0.717) is 6.04 Å². The van der Waals surface area contributed by atoms with Crippen LogP contribution < -0.4 is 5.32 Å². The molecular weight excluding hydrogens is 150 g/mol. The Balaban J connectivity index is 2.33. The average Bonchev–Trinajstić information content (AvgIpc) is 2.16. The molecule has 3 nitrogen and oxygen atoms in total. The molecule has 1 heterocycles. The van der Waals surface area contributed by atoms with Crippen molar-refractivity contribution in [1.29, 1.82) is 0 Å². The van der Waals surface area contributed by atoms with Gasteiger partial charge in [0.25, 0.3) is 0 Å². The summed E-state index contributed by atoms with van der Waals surface area (Å²) in [7, 11) is 0. The zero-order valence-electron chi connectivity index (χ0n) is 7.62. The minimum Gasteiger partial charge on any atom is -0.310 e. The molecule has 1 N–H and O–H groups in total. The van der Waals surface area contributed by atoms with Gasteiger partial charge in [-0.15, -0.1) is 0 Å². The summed E-state index contributed by atoms with van der Waals surface area (Å²) in [5, 5.41) is 10.9. The molecule has 0 aliphatic rings. The van der Waals surface area contributed by atoms with Gasteiger partial charge < -0.3 is 5.32 Å². The lowest BCUT2D eigenvalue weighted by Gasteiger charge is -2.09. The van der Waals surface area contributed by atoms with Gasteiger partial charge in [0.05, 0.1) is 6.20 Å². The lowest BCUT2D eigenvalue weighted by Crippen LogP contribution is -2.24. The Labute approximate surface area is 73.2 Å². The fraction of sp³-hybridized carbons (Fsp3) is 0.556. The molecule has 0 saturated heterocycles. The summed E-state index contributed by atoms with van der Waals surface area (Å²) in [6.45, 7) is 5.22. The molecule has 0 fully saturated rings. The highest BCUT2D eigenvalue weighted by molar-refractivity contribution is 5.04. The highest BCUT2D eigenvalue weighted by atomic mass is 15.1. The monoisotopic (exact) mass is 165 g/mol. The third-order valence-electron chi connectivity index (χ3n) is 1.91. The van der Waals surface area contributed by atoms with Crippen LogP contribution in [0.5, 0.6) is 0 Å². The summed E-state index contributed by atoms with van der Waals surface area (Å²) >= 11 is 0. The van der Waals surface area contributed by atoms with Crippen molar-refractivity contribution in [1.82, 2.24) is 15.5 Å². The van der Waals surface area contributed by atoms with Gasteiger partial charge >= 0.3 is 0 Å². The smallest absolute Gasteiger partial charge is 0.0541 e. The average molecular weight is 165 g/mol. The van der Waals surface area contributed by atoms with Crippen molar-refractivity contribution >= 4 is 0 Å². The third kappa shape index (κ3) is 2.96. The summed E-state index contributed by atoms with van der Waals surface area (Å²) in [4.78, 5) is 0. The highest BCUT2D eigenvalue weighted by Crippen LogP contribution is 1.95. The molecule has 0 amide bonds. The predicted molar refractivity (Wildman–Crippen MR) is 48.6 cm³/mol. The maximum absolute atomic E-state index is 3.80. The van der Waals surface area contributed by atoms with Crippen LogP contribution in [0.2, 0.25) is 0 Å². The normalized spacial score (nSPS) is 12.8. The minimum atomic E-state index is 0.568. The van der Waals surface area contributed by atoms with E-state index in [-0.39, 0.29) is 0 Å². The second-order valence-electron chi connectivity index (χ2n) is 2.94. The molecule has 66 valence electrons. The van der Waals surface area contributed by atoms with E-state index in [9.17, 15) is 0 Å². The van der Waals surface area contributed by atoms with Crippen LogP contribution in [0.4, 0.5) is 0 Å². The van der Waals surface area contributed by atoms with Crippen molar-refractivity contribution < 1.29 is 0 Å². The van der Waals surface area contributed by atoms with E-state index in [1.807, 2.05) is 6.07 Å². The van der Waals surface area contributed by atoms with Gasteiger partial charge in [0.15, 0.2) is 0 Å². The molecular formula is C9H15N3.